The number of carbonyl (C=O) groups excluding carboxylic acids is 1. The van der Waals surface area contributed by atoms with Gasteiger partial charge in [-0.15, -0.1) is 0 Å². The van der Waals surface area contributed by atoms with Gasteiger partial charge in [-0.3, -0.25) is 4.79 Å². The molecule has 0 aliphatic carbocycles. The summed E-state index contributed by atoms with van der Waals surface area (Å²) < 4.78 is 51.0. The van der Waals surface area contributed by atoms with Crippen molar-refractivity contribution in [3.05, 3.63) is 64.7 Å². The van der Waals surface area contributed by atoms with Crippen molar-refractivity contribution in [2.45, 2.75) is 19.8 Å². The molecule has 6 heteroatoms. The quantitative estimate of drug-likeness (QED) is 0.815. The molecule has 0 radical (unpaired) electrons. The van der Waals surface area contributed by atoms with Crippen molar-refractivity contribution in [3.8, 4) is 0 Å². The van der Waals surface area contributed by atoms with Crippen LogP contribution in [-0.2, 0) is 12.9 Å². The van der Waals surface area contributed by atoms with E-state index in [4.69, 9.17) is 0 Å². The summed E-state index contributed by atoms with van der Waals surface area (Å²) in [4.78, 5) is 12.1. The van der Waals surface area contributed by atoms with Gasteiger partial charge in [-0.1, -0.05) is 12.1 Å². The lowest BCUT2D eigenvalue weighted by molar-refractivity contribution is -0.137. The number of anilines is 1. The fourth-order valence-corrected chi connectivity index (χ4v) is 1.99. The standard InChI is InChI=1S/C16H13F4NO/c1-10-3-2-4-14(5-10)21-15(22)12-6-11(9-17)7-13(8-12)16(18,19)20/h2-8H,9H2,1H3,(H,21,22). The third-order valence-corrected chi connectivity index (χ3v) is 3.01. The summed E-state index contributed by atoms with van der Waals surface area (Å²) in [5.74, 6) is -0.716. The topological polar surface area (TPSA) is 29.1 Å². The first-order valence-electron chi connectivity index (χ1n) is 6.45. The van der Waals surface area contributed by atoms with Crippen LogP contribution in [0.25, 0.3) is 0 Å². The van der Waals surface area contributed by atoms with Crippen molar-refractivity contribution in [1.29, 1.82) is 0 Å². The second-order valence-corrected chi connectivity index (χ2v) is 4.87. The minimum absolute atomic E-state index is 0.191. The Bertz CT molecular complexity index is 695. The van der Waals surface area contributed by atoms with Crippen LogP contribution in [-0.4, -0.2) is 5.91 Å². The lowest BCUT2D eigenvalue weighted by Gasteiger charge is -2.11. The van der Waals surface area contributed by atoms with Crippen LogP contribution < -0.4 is 5.32 Å². The van der Waals surface area contributed by atoms with Gasteiger partial charge in [-0.2, -0.15) is 13.2 Å². The van der Waals surface area contributed by atoms with Gasteiger partial charge in [0.25, 0.3) is 5.91 Å². The summed E-state index contributed by atoms with van der Waals surface area (Å²) in [6.45, 7) is 0.746. The van der Waals surface area contributed by atoms with Gasteiger partial charge in [-0.25, -0.2) is 4.39 Å². The average Bonchev–Trinajstić information content (AvgIpc) is 2.45. The molecule has 0 bridgehead atoms. The summed E-state index contributed by atoms with van der Waals surface area (Å²) in [5, 5.41) is 2.50. The van der Waals surface area contributed by atoms with Gasteiger partial charge < -0.3 is 5.32 Å². The van der Waals surface area contributed by atoms with Gasteiger partial charge in [0.2, 0.25) is 0 Å². The van der Waals surface area contributed by atoms with E-state index in [-0.39, 0.29) is 11.1 Å². The normalized spacial score (nSPS) is 11.3. The lowest BCUT2D eigenvalue weighted by Crippen LogP contribution is -2.14. The monoisotopic (exact) mass is 311 g/mol. The molecule has 2 nitrogen and oxygen atoms in total. The number of hydrogen-bond acceptors (Lipinski definition) is 1. The Kier molecular flexibility index (Phi) is 4.49. The van der Waals surface area contributed by atoms with E-state index in [2.05, 4.69) is 5.32 Å². The van der Waals surface area contributed by atoms with Crippen molar-refractivity contribution in [2.75, 3.05) is 5.32 Å². The molecular weight excluding hydrogens is 298 g/mol. The second kappa shape index (κ2) is 6.17. The minimum Gasteiger partial charge on any atom is -0.322 e. The third kappa shape index (κ3) is 3.84. The molecule has 0 aliphatic rings. The zero-order valence-corrected chi connectivity index (χ0v) is 11.7. The van der Waals surface area contributed by atoms with Crippen molar-refractivity contribution >= 4 is 11.6 Å². The van der Waals surface area contributed by atoms with Crippen molar-refractivity contribution in [1.82, 2.24) is 0 Å². The Morgan fingerprint density at radius 3 is 2.45 bits per heavy atom. The maximum Gasteiger partial charge on any atom is 0.416 e. The molecular formula is C16H13F4NO. The molecule has 2 rings (SSSR count). The van der Waals surface area contributed by atoms with Crippen molar-refractivity contribution in [2.24, 2.45) is 0 Å². The van der Waals surface area contributed by atoms with Crippen LogP contribution in [0.5, 0.6) is 0 Å². The summed E-state index contributed by atoms with van der Waals surface area (Å²) in [5.41, 5.74) is -0.110. The average molecular weight is 311 g/mol. The third-order valence-electron chi connectivity index (χ3n) is 3.01. The van der Waals surface area contributed by atoms with E-state index in [0.717, 1.165) is 11.6 Å². The summed E-state index contributed by atoms with van der Waals surface area (Å²) in [6, 6.07) is 9.36. The molecule has 0 unspecified atom stereocenters. The number of halogens is 4. The Morgan fingerprint density at radius 2 is 1.86 bits per heavy atom. The molecule has 0 fully saturated rings. The van der Waals surface area contributed by atoms with Gasteiger partial charge in [0.05, 0.1) is 5.56 Å². The van der Waals surface area contributed by atoms with E-state index < -0.39 is 24.3 Å². The highest BCUT2D eigenvalue weighted by Crippen LogP contribution is 2.31. The number of nitrogens with one attached hydrogen (secondary N) is 1. The zero-order chi connectivity index (χ0) is 16.3. The predicted octanol–water partition coefficient (Wildman–Crippen LogP) is 4.74. The van der Waals surface area contributed by atoms with Gasteiger partial charge >= 0.3 is 6.18 Å². The molecule has 2 aromatic rings. The largest absolute Gasteiger partial charge is 0.416 e. The fraction of sp³-hybridized carbons (Fsp3) is 0.188. The molecule has 0 aromatic heterocycles. The molecule has 0 saturated heterocycles. The van der Waals surface area contributed by atoms with Crippen LogP contribution in [0.1, 0.15) is 27.0 Å². The molecule has 0 heterocycles. The highest BCUT2D eigenvalue weighted by atomic mass is 19.4. The van der Waals surface area contributed by atoms with Gasteiger partial charge in [0.15, 0.2) is 0 Å². The molecule has 0 saturated carbocycles. The van der Waals surface area contributed by atoms with Crippen molar-refractivity contribution in [3.63, 3.8) is 0 Å². The first-order chi connectivity index (χ1) is 10.3. The highest BCUT2D eigenvalue weighted by Gasteiger charge is 2.31. The Balaban J connectivity index is 2.33. The van der Waals surface area contributed by atoms with E-state index >= 15 is 0 Å². The van der Waals surface area contributed by atoms with E-state index in [1.54, 1.807) is 18.2 Å². The van der Waals surface area contributed by atoms with E-state index in [1.165, 1.54) is 0 Å². The zero-order valence-electron chi connectivity index (χ0n) is 11.7. The lowest BCUT2D eigenvalue weighted by atomic mass is 10.0. The molecule has 0 atom stereocenters. The number of amides is 1. The number of rotatable bonds is 3. The molecule has 0 aliphatic heterocycles. The Labute approximate surface area is 124 Å². The van der Waals surface area contributed by atoms with E-state index in [0.29, 0.717) is 17.8 Å². The SMILES string of the molecule is Cc1cccc(NC(=O)c2cc(CF)cc(C(F)(F)F)c2)c1. The second-order valence-electron chi connectivity index (χ2n) is 4.87. The number of carbonyl (C=O) groups is 1. The van der Waals surface area contributed by atoms with Crippen LogP contribution in [0.4, 0.5) is 23.2 Å². The summed E-state index contributed by atoms with van der Waals surface area (Å²) >= 11 is 0. The van der Waals surface area contributed by atoms with E-state index in [9.17, 15) is 22.4 Å². The smallest absolute Gasteiger partial charge is 0.322 e. The molecule has 116 valence electrons. The maximum absolute atomic E-state index is 12.8. The van der Waals surface area contributed by atoms with Crippen LogP contribution in [0.15, 0.2) is 42.5 Å². The number of hydrogen-bond donors (Lipinski definition) is 1. The van der Waals surface area contributed by atoms with Crippen LogP contribution in [0, 0.1) is 6.92 Å². The minimum atomic E-state index is -4.64. The maximum atomic E-state index is 12.8. The summed E-state index contributed by atoms with van der Waals surface area (Å²) in [7, 11) is 0. The summed E-state index contributed by atoms with van der Waals surface area (Å²) in [6.07, 6.45) is -4.64. The molecule has 1 amide bonds. The van der Waals surface area contributed by atoms with Crippen LogP contribution in [0.2, 0.25) is 0 Å². The predicted molar refractivity (Wildman–Crippen MR) is 75.4 cm³/mol. The first kappa shape index (κ1) is 16.0. The van der Waals surface area contributed by atoms with Crippen molar-refractivity contribution < 1.29 is 22.4 Å². The van der Waals surface area contributed by atoms with Crippen LogP contribution >= 0.6 is 0 Å². The molecule has 1 N–H and O–H groups in total. The Hall–Kier alpha value is -2.37. The van der Waals surface area contributed by atoms with Crippen LogP contribution in [0.3, 0.4) is 0 Å². The Morgan fingerprint density at radius 1 is 1.14 bits per heavy atom. The fourth-order valence-electron chi connectivity index (χ4n) is 1.99. The first-order valence-corrected chi connectivity index (χ1v) is 6.45. The molecule has 22 heavy (non-hydrogen) atoms. The van der Waals surface area contributed by atoms with Gasteiger partial charge in [0.1, 0.15) is 6.67 Å². The number of alkyl halides is 4. The molecule has 0 spiro atoms. The highest BCUT2D eigenvalue weighted by molar-refractivity contribution is 6.04. The number of aryl methyl sites for hydroxylation is 1. The van der Waals surface area contributed by atoms with Gasteiger partial charge in [0, 0.05) is 11.3 Å². The molecule has 2 aromatic carbocycles. The van der Waals surface area contributed by atoms with Gasteiger partial charge in [-0.05, 0) is 48.4 Å². The number of benzene rings is 2. The van der Waals surface area contributed by atoms with E-state index in [1.807, 2.05) is 13.0 Å².